The number of para-hydroxylation sites is 2. The van der Waals surface area contributed by atoms with Crippen molar-refractivity contribution >= 4 is 17.0 Å². The van der Waals surface area contributed by atoms with Gasteiger partial charge in [0.05, 0.1) is 24.3 Å². The van der Waals surface area contributed by atoms with E-state index < -0.39 is 0 Å². The molecule has 0 saturated carbocycles. The van der Waals surface area contributed by atoms with Crippen molar-refractivity contribution in [2.24, 2.45) is 0 Å². The van der Waals surface area contributed by atoms with Crippen LogP contribution in [0.15, 0.2) is 61.3 Å². The van der Waals surface area contributed by atoms with Crippen LogP contribution in [0.3, 0.4) is 0 Å². The van der Waals surface area contributed by atoms with Crippen molar-refractivity contribution in [3.05, 3.63) is 66.9 Å². The lowest BCUT2D eigenvalue weighted by Crippen LogP contribution is -2.10. The van der Waals surface area contributed by atoms with E-state index in [2.05, 4.69) is 25.3 Å². The van der Waals surface area contributed by atoms with Gasteiger partial charge in [-0.1, -0.05) is 12.1 Å². The van der Waals surface area contributed by atoms with E-state index in [4.69, 9.17) is 4.74 Å². The zero-order valence-corrected chi connectivity index (χ0v) is 14.3. The molecule has 3 aromatic heterocycles. The van der Waals surface area contributed by atoms with E-state index in [-0.39, 0.29) is 0 Å². The molecule has 1 N–H and O–H groups in total. The first-order valence-electron chi connectivity index (χ1n) is 8.31. The molecule has 0 aliphatic carbocycles. The van der Waals surface area contributed by atoms with Crippen LogP contribution in [0.25, 0.3) is 16.9 Å². The SMILES string of the molecule is COc1cnc(NCCc2ccncc2)nc1-n1cnc2ccccc21. The standard InChI is InChI=1S/C19H18N6O/c1-26-17-12-22-19(21-11-8-14-6-9-20-10-7-14)24-18(17)25-13-23-15-4-2-3-5-16(15)25/h2-7,9-10,12-13H,8,11H2,1H3,(H,21,22,24). The number of pyridine rings is 1. The maximum absolute atomic E-state index is 5.44. The van der Waals surface area contributed by atoms with E-state index in [1.54, 1.807) is 32.0 Å². The Balaban J connectivity index is 1.59. The Hall–Kier alpha value is -3.48. The molecular weight excluding hydrogens is 328 g/mol. The minimum Gasteiger partial charge on any atom is -0.491 e. The summed E-state index contributed by atoms with van der Waals surface area (Å²) in [6.45, 7) is 0.723. The summed E-state index contributed by atoms with van der Waals surface area (Å²) >= 11 is 0. The fraction of sp³-hybridized carbons (Fsp3) is 0.158. The smallest absolute Gasteiger partial charge is 0.224 e. The van der Waals surface area contributed by atoms with Gasteiger partial charge in [0.15, 0.2) is 11.6 Å². The quantitative estimate of drug-likeness (QED) is 0.578. The van der Waals surface area contributed by atoms with Gasteiger partial charge in [-0.3, -0.25) is 9.55 Å². The second-order valence-electron chi connectivity index (χ2n) is 5.72. The number of nitrogens with zero attached hydrogens (tertiary/aromatic N) is 5. The summed E-state index contributed by atoms with van der Waals surface area (Å²) in [7, 11) is 1.61. The van der Waals surface area contributed by atoms with Crippen LogP contribution in [0, 0.1) is 0 Å². The Morgan fingerprint density at radius 1 is 1.08 bits per heavy atom. The van der Waals surface area contributed by atoms with Gasteiger partial charge in [-0.15, -0.1) is 0 Å². The molecule has 7 nitrogen and oxygen atoms in total. The second kappa shape index (κ2) is 7.18. The number of methoxy groups -OCH3 is 1. The number of rotatable bonds is 6. The predicted molar refractivity (Wildman–Crippen MR) is 99.6 cm³/mol. The van der Waals surface area contributed by atoms with Gasteiger partial charge < -0.3 is 10.1 Å². The number of hydrogen-bond acceptors (Lipinski definition) is 6. The molecule has 7 heteroatoms. The topological polar surface area (TPSA) is 77.8 Å². The molecule has 130 valence electrons. The van der Waals surface area contributed by atoms with Gasteiger partial charge in [-0.25, -0.2) is 9.97 Å². The summed E-state index contributed by atoms with van der Waals surface area (Å²) in [6.07, 6.45) is 7.87. The van der Waals surface area contributed by atoms with Crippen molar-refractivity contribution in [3.63, 3.8) is 0 Å². The number of imidazole rings is 1. The van der Waals surface area contributed by atoms with Crippen LogP contribution in [-0.4, -0.2) is 38.2 Å². The molecule has 26 heavy (non-hydrogen) atoms. The van der Waals surface area contributed by atoms with E-state index in [9.17, 15) is 0 Å². The molecule has 0 saturated heterocycles. The molecule has 1 aromatic carbocycles. The van der Waals surface area contributed by atoms with Gasteiger partial charge >= 0.3 is 0 Å². The first-order valence-corrected chi connectivity index (χ1v) is 8.31. The number of ether oxygens (including phenoxy) is 1. The Morgan fingerprint density at radius 2 is 1.92 bits per heavy atom. The monoisotopic (exact) mass is 346 g/mol. The molecule has 3 heterocycles. The lowest BCUT2D eigenvalue weighted by molar-refractivity contribution is 0.409. The lowest BCUT2D eigenvalue weighted by Gasteiger charge is -2.11. The molecular formula is C19H18N6O. The Morgan fingerprint density at radius 3 is 2.77 bits per heavy atom. The summed E-state index contributed by atoms with van der Waals surface area (Å²) in [4.78, 5) is 17.4. The van der Waals surface area contributed by atoms with Gasteiger partial charge in [0.25, 0.3) is 0 Å². The normalized spacial score (nSPS) is 10.8. The molecule has 0 bridgehead atoms. The first kappa shape index (κ1) is 16.0. The Bertz CT molecular complexity index is 1010. The highest BCUT2D eigenvalue weighted by atomic mass is 16.5. The highest BCUT2D eigenvalue weighted by molar-refractivity contribution is 5.77. The number of benzene rings is 1. The first-order chi connectivity index (χ1) is 12.8. The summed E-state index contributed by atoms with van der Waals surface area (Å²) in [5.41, 5.74) is 3.08. The van der Waals surface area contributed by atoms with E-state index in [0.717, 1.165) is 24.0 Å². The molecule has 4 aromatic rings. The molecule has 4 rings (SSSR count). The van der Waals surface area contributed by atoms with E-state index in [0.29, 0.717) is 17.5 Å². The third-order valence-corrected chi connectivity index (χ3v) is 4.08. The minimum absolute atomic E-state index is 0.549. The number of fused-ring (bicyclic) bond motifs is 1. The maximum Gasteiger partial charge on any atom is 0.224 e. The lowest BCUT2D eigenvalue weighted by atomic mass is 10.2. The predicted octanol–water partition coefficient (Wildman–Crippen LogP) is 2.87. The van der Waals surface area contributed by atoms with Crippen molar-refractivity contribution in [2.45, 2.75) is 6.42 Å². The Kier molecular flexibility index (Phi) is 4.42. The molecule has 0 atom stereocenters. The highest BCUT2D eigenvalue weighted by Crippen LogP contribution is 2.24. The summed E-state index contributed by atoms with van der Waals surface area (Å²) in [6, 6.07) is 11.9. The van der Waals surface area contributed by atoms with Crippen molar-refractivity contribution in [3.8, 4) is 11.6 Å². The van der Waals surface area contributed by atoms with Gasteiger partial charge in [0.2, 0.25) is 5.95 Å². The maximum atomic E-state index is 5.44. The molecule has 0 aliphatic rings. The minimum atomic E-state index is 0.549. The highest BCUT2D eigenvalue weighted by Gasteiger charge is 2.13. The van der Waals surface area contributed by atoms with Crippen molar-refractivity contribution in [1.29, 1.82) is 0 Å². The average Bonchev–Trinajstić information content (AvgIpc) is 3.13. The van der Waals surface area contributed by atoms with Crippen molar-refractivity contribution in [1.82, 2.24) is 24.5 Å². The van der Waals surface area contributed by atoms with Crippen LogP contribution in [0.5, 0.6) is 5.75 Å². The van der Waals surface area contributed by atoms with Gasteiger partial charge in [-0.05, 0) is 36.2 Å². The zero-order chi connectivity index (χ0) is 17.8. The number of aromatic nitrogens is 5. The third kappa shape index (κ3) is 3.19. The molecule has 0 unspecified atom stereocenters. The number of nitrogens with one attached hydrogen (secondary N) is 1. The third-order valence-electron chi connectivity index (χ3n) is 4.08. The van der Waals surface area contributed by atoms with E-state index in [1.165, 1.54) is 5.56 Å². The molecule has 0 spiro atoms. The molecule has 0 radical (unpaired) electrons. The van der Waals surface area contributed by atoms with Crippen LogP contribution < -0.4 is 10.1 Å². The van der Waals surface area contributed by atoms with Crippen molar-refractivity contribution in [2.75, 3.05) is 19.0 Å². The van der Waals surface area contributed by atoms with Gasteiger partial charge in [0, 0.05) is 18.9 Å². The van der Waals surface area contributed by atoms with Crippen LogP contribution in [-0.2, 0) is 6.42 Å². The van der Waals surface area contributed by atoms with Crippen LogP contribution in [0.2, 0.25) is 0 Å². The molecule has 0 aliphatic heterocycles. The summed E-state index contributed by atoms with van der Waals surface area (Å²) < 4.78 is 7.35. The van der Waals surface area contributed by atoms with Crippen LogP contribution >= 0.6 is 0 Å². The summed E-state index contributed by atoms with van der Waals surface area (Å²) in [5.74, 6) is 1.79. The van der Waals surface area contributed by atoms with Gasteiger partial charge in [-0.2, -0.15) is 4.98 Å². The van der Waals surface area contributed by atoms with Crippen molar-refractivity contribution < 1.29 is 4.74 Å². The van der Waals surface area contributed by atoms with Crippen LogP contribution in [0.1, 0.15) is 5.56 Å². The van der Waals surface area contributed by atoms with Crippen LogP contribution in [0.4, 0.5) is 5.95 Å². The van der Waals surface area contributed by atoms with Gasteiger partial charge in [0.1, 0.15) is 6.33 Å². The largest absolute Gasteiger partial charge is 0.491 e. The fourth-order valence-corrected chi connectivity index (χ4v) is 2.76. The average molecular weight is 346 g/mol. The zero-order valence-electron chi connectivity index (χ0n) is 14.3. The number of anilines is 1. The molecule has 0 amide bonds. The fourth-order valence-electron chi connectivity index (χ4n) is 2.76. The number of hydrogen-bond donors (Lipinski definition) is 1. The molecule has 0 fully saturated rings. The second-order valence-corrected chi connectivity index (χ2v) is 5.72. The van der Waals surface area contributed by atoms with E-state index in [1.807, 2.05) is 41.0 Å². The summed E-state index contributed by atoms with van der Waals surface area (Å²) in [5, 5.41) is 3.26. The Labute approximate surface area is 150 Å². The van der Waals surface area contributed by atoms with E-state index >= 15 is 0 Å².